The first-order valence-electron chi connectivity index (χ1n) is 5.44. The molecule has 3 heteroatoms. The molecule has 0 heterocycles. The fourth-order valence-corrected chi connectivity index (χ4v) is 1.50. The van der Waals surface area contributed by atoms with E-state index in [-0.39, 0.29) is 5.41 Å². The lowest BCUT2D eigenvalue weighted by atomic mass is 9.91. The van der Waals surface area contributed by atoms with E-state index in [9.17, 15) is 5.11 Å². The van der Waals surface area contributed by atoms with Crippen LogP contribution in [0.5, 0.6) is 0 Å². The van der Waals surface area contributed by atoms with Gasteiger partial charge in [-0.15, -0.1) is 0 Å². The van der Waals surface area contributed by atoms with Gasteiger partial charge >= 0.3 is 0 Å². The first kappa shape index (κ1) is 13.9. The number of hydrogen-bond donors (Lipinski definition) is 2. The summed E-state index contributed by atoms with van der Waals surface area (Å²) in [6.07, 6.45) is 0. The van der Waals surface area contributed by atoms with E-state index in [2.05, 4.69) is 11.8 Å². The Morgan fingerprint density at radius 2 is 1.76 bits per heavy atom. The van der Waals surface area contributed by atoms with Crippen LogP contribution in [-0.4, -0.2) is 5.11 Å². The SMILES string of the molecule is CC(C)(C)C#CC(C)(O)c1cc(Cl)ccc1N. The number of anilines is 1. The summed E-state index contributed by atoms with van der Waals surface area (Å²) in [5.74, 6) is 5.86. The third kappa shape index (κ3) is 3.96. The third-order valence-electron chi connectivity index (χ3n) is 2.22. The Balaban J connectivity index is 3.20. The summed E-state index contributed by atoms with van der Waals surface area (Å²) in [6.45, 7) is 7.57. The van der Waals surface area contributed by atoms with Crippen molar-refractivity contribution in [2.75, 3.05) is 5.73 Å². The van der Waals surface area contributed by atoms with Gasteiger partial charge in [0.2, 0.25) is 0 Å². The van der Waals surface area contributed by atoms with Gasteiger partial charge in [-0.2, -0.15) is 0 Å². The molecule has 3 N–H and O–H groups in total. The Hall–Kier alpha value is -1.17. The molecule has 17 heavy (non-hydrogen) atoms. The largest absolute Gasteiger partial charge is 0.398 e. The van der Waals surface area contributed by atoms with Crippen LogP contribution in [0.1, 0.15) is 33.3 Å². The highest BCUT2D eigenvalue weighted by Crippen LogP contribution is 2.29. The number of nitrogens with two attached hydrogens (primary N) is 1. The molecule has 0 saturated carbocycles. The van der Waals surface area contributed by atoms with E-state index < -0.39 is 5.60 Å². The van der Waals surface area contributed by atoms with Crippen molar-refractivity contribution in [3.05, 3.63) is 28.8 Å². The van der Waals surface area contributed by atoms with Crippen LogP contribution in [0.2, 0.25) is 5.02 Å². The monoisotopic (exact) mass is 251 g/mol. The number of halogens is 1. The van der Waals surface area contributed by atoms with E-state index in [1.807, 2.05) is 20.8 Å². The third-order valence-corrected chi connectivity index (χ3v) is 2.46. The number of hydrogen-bond acceptors (Lipinski definition) is 2. The molecule has 1 aromatic rings. The van der Waals surface area contributed by atoms with E-state index in [4.69, 9.17) is 17.3 Å². The summed E-state index contributed by atoms with van der Waals surface area (Å²) >= 11 is 5.90. The molecule has 0 aliphatic rings. The molecule has 2 nitrogen and oxygen atoms in total. The average molecular weight is 252 g/mol. The van der Waals surface area contributed by atoms with Gasteiger partial charge in [-0.25, -0.2) is 0 Å². The molecule has 1 atom stereocenters. The molecular formula is C14H18ClNO. The fraction of sp³-hybridized carbons (Fsp3) is 0.429. The minimum absolute atomic E-state index is 0.169. The highest BCUT2D eigenvalue weighted by atomic mass is 35.5. The Morgan fingerprint density at radius 3 is 2.29 bits per heavy atom. The smallest absolute Gasteiger partial charge is 0.150 e. The fourth-order valence-electron chi connectivity index (χ4n) is 1.33. The van der Waals surface area contributed by atoms with Gasteiger partial charge in [0.25, 0.3) is 0 Å². The minimum Gasteiger partial charge on any atom is -0.398 e. The van der Waals surface area contributed by atoms with Crippen molar-refractivity contribution in [2.45, 2.75) is 33.3 Å². The van der Waals surface area contributed by atoms with Crippen molar-refractivity contribution in [1.29, 1.82) is 0 Å². The van der Waals surface area contributed by atoms with Crippen molar-refractivity contribution in [3.63, 3.8) is 0 Å². The Labute approximate surface area is 108 Å². The van der Waals surface area contributed by atoms with E-state index in [0.29, 0.717) is 16.3 Å². The molecule has 1 unspecified atom stereocenters. The van der Waals surface area contributed by atoms with Gasteiger partial charge in [0.05, 0.1) is 0 Å². The zero-order valence-electron chi connectivity index (χ0n) is 10.6. The predicted octanol–water partition coefficient (Wildman–Crippen LogP) is 3.18. The summed E-state index contributed by atoms with van der Waals surface area (Å²) in [7, 11) is 0. The molecule has 1 aromatic carbocycles. The second-order valence-electron chi connectivity index (χ2n) is 5.30. The van der Waals surface area contributed by atoms with Crippen molar-refractivity contribution >= 4 is 17.3 Å². The molecule has 0 amide bonds. The Kier molecular flexibility index (Phi) is 3.76. The van der Waals surface area contributed by atoms with Crippen molar-refractivity contribution in [2.24, 2.45) is 5.41 Å². The van der Waals surface area contributed by atoms with Crippen LogP contribution in [0.15, 0.2) is 18.2 Å². The van der Waals surface area contributed by atoms with E-state index in [0.717, 1.165) is 0 Å². The van der Waals surface area contributed by atoms with Crippen molar-refractivity contribution < 1.29 is 5.11 Å². The van der Waals surface area contributed by atoms with Crippen LogP contribution < -0.4 is 5.73 Å². The predicted molar refractivity (Wildman–Crippen MR) is 72.7 cm³/mol. The standard InChI is InChI=1S/C14H18ClNO/c1-13(2,3)7-8-14(4,17)11-9-10(15)5-6-12(11)16/h5-6,9,17H,16H2,1-4H3. The van der Waals surface area contributed by atoms with Crippen LogP contribution in [0.3, 0.4) is 0 Å². The number of aliphatic hydroxyl groups is 1. The summed E-state index contributed by atoms with van der Waals surface area (Å²) in [5.41, 5.74) is 5.40. The second-order valence-corrected chi connectivity index (χ2v) is 5.74. The molecule has 0 radical (unpaired) electrons. The molecular weight excluding hydrogens is 234 g/mol. The zero-order chi connectivity index (χ0) is 13.3. The van der Waals surface area contributed by atoms with E-state index in [1.165, 1.54) is 0 Å². The van der Waals surface area contributed by atoms with Gasteiger partial charge in [-0.1, -0.05) is 23.4 Å². The van der Waals surface area contributed by atoms with Crippen LogP contribution in [0.4, 0.5) is 5.69 Å². The lowest BCUT2D eigenvalue weighted by Gasteiger charge is -2.20. The first-order chi connectivity index (χ1) is 7.62. The van der Waals surface area contributed by atoms with Crippen LogP contribution in [-0.2, 0) is 5.60 Å². The quantitative estimate of drug-likeness (QED) is 0.595. The molecule has 0 spiro atoms. The maximum atomic E-state index is 10.3. The Bertz CT molecular complexity index is 475. The first-order valence-corrected chi connectivity index (χ1v) is 5.82. The zero-order valence-corrected chi connectivity index (χ0v) is 11.4. The van der Waals surface area contributed by atoms with Gasteiger partial charge in [0, 0.05) is 21.7 Å². The summed E-state index contributed by atoms with van der Waals surface area (Å²) in [6, 6.07) is 5.01. The van der Waals surface area contributed by atoms with Gasteiger partial charge in [0.15, 0.2) is 0 Å². The van der Waals surface area contributed by atoms with Crippen molar-refractivity contribution in [3.8, 4) is 11.8 Å². The van der Waals surface area contributed by atoms with Crippen LogP contribution in [0, 0.1) is 17.3 Å². The maximum absolute atomic E-state index is 10.3. The van der Waals surface area contributed by atoms with Crippen molar-refractivity contribution in [1.82, 2.24) is 0 Å². The maximum Gasteiger partial charge on any atom is 0.150 e. The molecule has 0 saturated heterocycles. The highest BCUT2D eigenvalue weighted by Gasteiger charge is 2.23. The second kappa shape index (κ2) is 4.60. The van der Waals surface area contributed by atoms with E-state index >= 15 is 0 Å². The molecule has 92 valence electrons. The molecule has 0 bridgehead atoms. The molecule has 0 aromatic heterocycles. The van der Waals surface area contributed by atoms with Gasteiger partial charge in [-0.05, 0) is 45.9 Å². The number of rotatable bonds is 1. The summed E-state index contributed by atoms with van der Waals surface area (Å²) in [4.78, 5) is 0. The minimum atomic E-state index is -1.29. The molecule has 0 aliphatic carbocycles. The van der Waals surface area contributed by atoms with E-state index in [1.54, 1.807) is 25.1 Å². The summed E-state index contributed by atoms with van der Waals surface area (Å²) < 4.78 is 0. The van der Waals surface area contributed by atoms with Gasteiger partial charge < -0.3 is 10.8 Å². The number of nitrogen functional groups attached to an aromatic ring is 1. The number of benzene rings is 1. The molecule has 1 rings (SSSR count). The van der Waals surface area contributed by atoms with Gasteiger partial charge in [0.1, 0.15) is 5.60 Å². The molecule has 0 fully saturated rings. The summed E-state index contributed by atoms with van der Waals surface area (Å²) in [5, 5.41) is 10.9. The topological polar surface area (TPSA) is 46.2 Å². The van der Waals surface area contributed by atoms with Crippen LogP contribution >= 0.6 is 11.6 Å². The average Bonchev–Trinajstić information content (AvgIpc) is 2.18. The molecule has 0 aliphatic heterocycles. The van der Waals surface area contributed by atoms with Crippen LogP contribution in [0.25, 0.3) is 0 Å². The highest BCUT2D eigenvalue weighted by molar-refractivity contribution is 6.30. The lowest BCUT2D eigenvalue weighted by Crippen LogP contribution is -2.21. The Morgan fingerprint density at radius 1 is 1.18 bits per heavy atom. The van der Waals surface area contributed by atoms with Gasteiger partial charge in [-0.3, -0.25) is 0 Å². The lowest BCUT2D eigenvalue weighted by molar-refractivity contribution is 0.122. The normalized spacial score (nSPS) is 14.7.